The summed E-state index contributed by atoms with van der Waals surface area (Å²) in [5, 5.41) is 9.51. The average molecular weight is 361 g/mol. The Kier molecular flexibility index (Phi) is 7.16. The average Bonchev–Trinajstić information content (AvgIpc) is 3.11. The normalized spacial score (nSPS) is 13.1. The molecule has 0 radical (unpaired) electrons. The molecule has 1 heterocycles. The Hall–Kier alpha value is -2.18. The van der Waals surface area contributed by atoms with Crippen molar-refractivity contribution < 1.29 is 14.9 Å². The van der Waals surface area contributed by atoms with Gasteiger partial charge in [0.25, 0.3) is 5.91 Å². The second-order valence-corrected chi connectivity index (χ2v) is 7.01. The number of quaternary nitrogens is 1. The Balaban J connectivity index is 1.99. The van der Waals surface area contributed by atoms with Crippen LogP contribution in [-0.2, 0) is 9.59 Å². The first kappa shape index (κ1) is 19.1. The second-order valence-electron chi connectivity index (χ2n) is 6.03. The fraction of sp³-hybridized carbons (Fsp3) is 0.368. The van der Waals surface area contributed by atoms with E-state index >= 15 is 0 Å². The summed E-state index contributed by atoms with van der Waals surface area (Å²) >= 11 is 1.68. The predicted molar refractivity (Wildman–Crippen MR) is 100 cm³/mol. The van der Waals surface area contributed by atoms with Crippen molar-refractivity contribution in [1.82, 2.24) is 10.6 Å². The van der Waals surface area contributed by atoms with E-state index in [1.807, 2.05) is 23.7 Å². The van der Waals surface area contributed by atoms with Crippen molar-refractivity contribution in [2.24, 2.45) is 0 Å². The Labute approximate surface area is 152 Å². The molecule has 0 saturated carbocycles. The SMILES string of the molecule is CCNC(=O)[C@@H](C)NC(=O)C[NH2+][C@H](c1ccc(C)cc1)c1cccs1. The summed E-state index contributed by atoms with van der Waals surface area (Å²) < 4.78 is 0. The van der Waals surface area contributed by atoms with Gasteiger partial charge in [0.2, 0.25) is 5.91 Å². The highest BCUT2D eigenvalue weighted by Gasteiger charge is 2.21. The van der Waals surface area contributed by atoms with Gasteiger partial charge in [-0.2, -0.15) is 0 Å². The lowest BCUT2D eigenvalue weighted by molar-refractivity contribution is -0.676. The van der Waals surface area contributed by atoms with Crippen LogP contribution in [0.15, 0.2) is 41.8 Å². The zero-order valence-corrected chi connectivity index (χ0v) is 15.7. The van der Waals surface area contributed by atoms with E-state index in [9.17, 15) is 9.59 Å². The Morgan fingerprint density at radius 2 is 1.92 bits per heavy atom. The molecule has 2 atom stereocenters. The van der Waals surface area contributed by atoms with E-state index in [2.05, 4.69) is 47.9 Å². The van der Waals surface area contributed by atoms with E-state index in [0.29, 0.717) is 6.54 Å². The van der Waals surface area contributed by atoms with Crippen LogP contribution in [-0.4, -0.2) is 30.9 Å². The van der Waals surface area contributed by atoms with Gasteiger partial charge in [-0.25, -0.2) is 0 Å². The first-order valence-electron chi connectivity index (χ1n) is 8.51. The predicted octanol–water partition coefficient (Wildman–Crippen LogP) is 1.35. The summed E-state index contributed by atoms with van der Waals surface area (Å²) in [7, 11) is 0. The summed E-state index contributed by atoms with van der Waals surface area (Å²) in [6.07, 6.45) is 0. The van der Waals surface area contributed by atoms with Gasteiger partial charge < -0.3 is 16.0 Å². The Morgan fingerprint density at radius 1 is 1.20 bits per heavy atom. The highest BCUT2D eigenvalue weighted by atomic mass is 32.1. The van der Waals surface area contributed by atoms with Crippen LogP contribution in [0.1, 0.15) is 35.9 Å². The molecule has 0 unspecified atom stereocenters. The summed E-state index contributed by atoms with van der Waals surface area (Å²) in [5.74, 6) is -0.309. The monoisotopic (exact) mass is 360 g/mol. The summed E-state index contributed by atoms with van der Waals surface area (Å²) in [6.45, 7) is 6.43. The third kappa shape index (κ3) is 5.69. The standard InChI is InChI=1S/C19H25N3O2S/c1-4-20-19(24)14(3)22-17(23)12-21-18(16-6-5-11-25-16)15-9-7-13(2)8-10-15/h5-11,14,18,21H,4,12H2,1-3H3,(H,20,24)(H,22,23)/p+1/t14-,18-/m1/s1. The molecule has 5 nitrogen and oxygen atoms in total. The Morgan fingerprint density at radius 3 is 2.52 bits per heavy atom. The van der Waals surface area contributed by atoms with Crippen molar-refractivity contribution >= 4 is 23.2 Å². The second kappa shape index (κ2) is 9.34. The van der Waals surface area contributed by atoms with Crippen molar-refractivity contribution in [3.05, 3.63) is 57.8 Å². The van der Waals surface area contributed by atoms with Gasteiger partial charge in [0.1, 0.15) is 12.1 Å². The van der Waals surface area contributed by atoms with Gasteiger partial charge in [-0.15, -0.1) is 11.3 Å². The number of aryl methyl sites for hydroxylation is 1. The van der Waals surface area contributed by atoms with Crippen LogP contribution in [0.2, 0.25) is 0 Å². The lowest BCUT2D eigenvalue weighted by atomic mass is 10.0. The van der Waals surface area contributed by atoms with Gasteiger partial charge in [0.05, 0.1) is 4.88 Å². The maximum absolute atomic E-state index is 12.2. The summed E-state index contributed by atoms with van der Waals surface area (Å²) in [6, 6.07) is 12.0. The van der Waals surface area contributed by atoms with E-state index < -0.39 is 6.04 Å². The molecule has 0 aliphatic heterocycles. The number of carbonyl (C=O) groups excluding carboxylic acids is 2. The van der Waals surface area contributed by atoms with E-state index in [4.69, 9.17) is 0 Å². The first-order valence-corrected chi connectivity index (χ1v) is 9.39. The molecule has 0 aliphatic rings. The van der Waals surface area contributed by atoms with Gasteiger partial charge >= 0.3 is 0 Å². The van der Waals surface area contributed by atoms with Crippen LogP contribution >= 0.6 is 11.3 Å². The fourth-order valence-corrected chi connectivity index (χ4v) is 3.43. The van der Waals surface area contributed by atoms with Gasteiger partial charge in [-0.1, -0.05) is 35.9 Å². The van der Waals surface area contributed by atoms with Crippen LogP contribution in [0.25, 0.3) is 0 Å². The molecule has 2 amide bonds. The van der Waals surface area contributed by atoms with Gasteiger partial charge in [-0.3, -0.25) is 9.59 Å². The van der Waals surface area contributed by atoms with Crippen molar-refractivity contribution in [2.45, 2.75) is 32.9 Å². The topological polar surface area (TPSA) is 74.8 Å². The molecule has 2 rings (SSSR count). The van der Waals surface area contributed by atoms with Crippen LogP contribution in [0.5, 0.6) is 0 Å². The molecule has 1 aromatic carbocycles. The minimum absolute atomic E-state index is 0.0751. The highest BCUT2D eigenvalue weighted by Crippen LogP contribution is 2.22. The van der Waals surface area contributed by atoms with Crippen molar-refractivity contribution in [1.29, 1.82) is 0 Å². The van der Waals surface area contributed by atoms with Crippen molar-refractivity contribution in [2.75, 3.05) is 13.1 Å². The molecular formula is C19H26N3O2S+. The quantitative estimate of drug-likeness (QED) is 0.665. The zero-order valence-electron chi connectivity index (χ0n) is 14.9. The Bertz CT molecular complexity index is 683. The smallest absolute Gasteiger partial charge is 0.275 e. The van der Waals surface area contributed by atoms with E-state index in [0.717, 1.165) is 5.56 Å². The van der Waals surface area contributed by atoms with Crippen LogP contribution in [0.4, 0.5) is 0 Å². The lowest BCUT2D eigenvalue weighted by Gasteiger charge is -2.16. The number of likely N-dealkylation sites (N-methyl/N-ethyl adjacent to an activating group) is 1. The molecule has 2 aromatic rings. The molecule has 6 heteroatoms. The maximum atomic E-state index is 12.2. The van der Waals surface area contributed by atoms with Crippen molar-refractivity contribution in [3.63, 3.8) is 0 Å². The van der Waals surface area contributed by atoms with Gasteiger partial charge in [0.15, 0.2) is 6.54 Å². The number of carbonyl (C=O) groups is 2. The van der Waals surface area contributed by atoms with E-state index in [1.165, 1.54) is 10.4 Å². The van der Waals surface area contributed by atoms with Crippen LogP contribution in [0.3, 0.4) is 0 Å². The number of hydrogen-bond donors (Lipinski definition) is 3. The molecule has 0 fully saturated rings. The fourth-order valence-electron chi connectivity index (χ4n) is 2.58. The number of thiophene rings is 1. The molecule has 4 N–H and O–H groups in total. The molecule has 134 valence electrons. The summed E-state index contributed by atoms with van der Waals surface area (Å²) in [5.41, 5.74) is 2.37. The number of nitrogens with one attached hydrogen (secondary N) is 2. The van der Waals surface area contributed by atoms with E-state index in [-0.39, 0.29) is 24.4 Å². The number of hydrogen-bond acceptors (Lipinski definition) is 3. The minimum atomic E-state index is -0.527. The third-order valence-corrected chi connectivity index (χ3v) is 4.90. The molecule has 0 bridgehead atoms. The molecule has 0 saturated heterocycles. The van der Waals surface area contributed by atoms with E-state index in [1.54, 1.807) is 18.3 Å². The number of rotatable bonds is 8. The first-order chi connectivity index (χ1) is 12.0. The molecule has 0 spiro atoms. The zero-order chi connectivity index (χ0) is 18.2. The number of nitrogens with two attached hydrogens (primary N) is 1. The highest BCUT2D eigenvalue weighted by molar-refractivity contribution is 7.10. The van der Waals surface area contributed by atoms with Gasteiger partial charge in [0, 0.05) is 12.1 Å². The summed E-state index contributed by atoms with van der Waals surface area (Å²) in [4.78, 5) is 25.1. The minimum Gasteiger partial charge on any atom is -0.355 e. The van der Waals surface area contributed by atoms with Gasteiger partial charge in [-0.05, 0) is 32.2 Å². The van der Waals surface area contributed by atoms with Crippen LogP contribution < -0.4 is 16.0 Å². The number of benzene rings is 1. The lowest BCUT2D eigenvalue weighted by Crippen LogP contribution is -2.87. The largest absolute Gasteiger partial charge is 0.355 e. The van der Waals surface area contributed by atoms with Crippen LogP contribution in [0, 0.1) is 6.92 Å². The number of amides is 2. The van der Waals surface area contributed by atoms with Crippen molar-refractivity contribution in [3.8, 4) is 0 Å². The third-order valence-electron chi connectivity index (χ3n) is 3.95. The molecule has 25 heavy (non-hydrogen) atoms. The maximum Gasteiger partial charge on any atom is 0.275 e. The molecular weight excluding hydrogens is 334 g/mol. The molecule has 0 aliphatic carbocycles. The molecule has 1 aromatic heterocycles.